The number of hydrogen-bond donors (Lipinski definition) is 8. The minimum atomic E-state index is -0.342. The molecule has 16 nitrogen and oxygen atoms in total. The summed E-state index contributed by atoms with van der Waals surface area (Å²) in [6.45, 7) is 34.8. The number of carbonyl (C=O) groups is 2. The number of allylic oxidation sites excluding steroid dienone is 6. The minimum Gasteiger partial charge on any atom is -0.508 e. The number of aromatic hydroxyl groups is 4. The van der Waals surface area contributed by atoms with Gasteiger partial charge in [-0.2, -0.15) is 0 Å². The van der Waals surface area contributed by atoms with Crippen molar-refractivity contribution in [1.29, 1.82) is 0 Å². The number of aromatic nitrogens is 2. The van der Waals surface area contributed by atoms with Gasteiger partial charge in [0, 0.05) is 129 Å². The number of aliphatic imine (C=N–C) groups is 4. The maximum absolute atomic E-state index is 13.0. The highest BCUT2D eigenvalue weighted by molar-refractivity contribution is 6.11. The van der Waals surface area contributed by atoms with E-state index in [0.29, 0.717) is 36.8 Å². The number of nitrogens with zero attached hydrogens (tertiary/aromatic N) is 6. The Bertz CT molecular complexity index is 5600. The summed E-state index contributed by atoms with van der Waals surface area (Å²) in [7, 11) is 0. The molecule has 108 heavy (non-hydrogen) atoms. The van der Waals surface area contributed by atoms with Crippen LogP contribution in [0.5, 0.6) is 23.0 Å². The molecule has 16 heteroatoms. The van der Waals surface area contributed by atoms with Crippen molar-refractivity contribution in [1.82, 2.24) is 9.97 Å². The maximum atomic E-state index is 13.0. The van der Waals surface area contributed by atoms with Crippen molar-refractivity contribution >= 4 is 67.4 Å². The largest absolute Gasteiger partial charge is 0.508 e. The maximum Gasteiger partial charge on any atom is 0.166 e. The molecule has 2 aliphatic carbocycles. The lowest BCUT2D eigenvalue weighted by Crippen LogP contribution is -2.33. The summed E-state index contributed by atoms with van der Waals surface area (Å²) < 4.78 is 0. The summed E-state index contributed by atoms with van der Waals surface area (Å²) in [6.07, 6.45) is 9.03. The van der Waals surface area contributed by atoms with Gasteiger partial charge in [0.05, 0.1) is 45.4 Å². The predicted molar refractivity (Wildman–Crippen MR) is 436 cm³/mol. The Morgan fingerprint density at radius 2 is 0.833 bits per heavy atom. The van der Waals surface area contributed by atoms with E-state index in [1.807, 2.05) is 83.1 Å². The van der Waals surface area contributed by atoms with Gasteiger partial charge in [-0.25, -0.2) is 0 Å². The standard InChI is InChI=1S/4C23H26N2O2/c4*1-12(2)17-11-21(26)14(4)18(23(17)27)10-20-22-16(7-8-24-20)15-6-5-13(3)9-19(15)25-22/h5-6,9,11-12,25-27H,7-8,10H2,1-4H3;5-6,9,11-12,22,26-27H,7-8,10H2,1-4H3;5-6,9,11-12,18,25-26H,7-8,10H2,1-4H3;5-6,9,11-12,18,22,26H,7-8,10H2,1-4H3. The normalized spacial score (nSPS) is 19.2. The molecule has 6 aliphatic heterocycles. The van der Waals surface area contributed by atoms with Crippen molar-refractivity contribution in [2.75, 3.05) is 26.2 Å². The van der Waals surface area contributed by atoms with Gasteiger partial charge in [-0.05, 0) is 220 Å². The molecule has 4 unspecified atom stereocenters. The number of nitrogens with one attached hydrogen (secondary N) is 2. The topological polar surface area (TPSA) is 261 Å². The van der Waals surface area contributed by atoms with Gasteiger partial charge in [0.2, 0.25) is 0 Å². The van der Waals surface area contributed by atoms with E-state index in [2.05, 4.69) is 110 Å². The molecule has 0 saturated carbocycles. The van der Waals surface area contributed by atoms with Gasteiger partial charge in [-0.15, -0.1) is 0 Å². The van der Waals surface area contributed by atoms with Crippen LogP contribution in [0.15, 0.2) is 161 Å². The molecule has 6 aromatic carbocycles. The number of fused-ring (bicyclic) bond motifs is 10. The second-order valence-corrected chi connectivity index (χ2v) is 32.0. The molecule has 0 fully saturated rings. The smallest absolute Gasteiger partial charge is 0.166 e. The fraction of sp³-hybridized carbons (Fsp3) is 0.391. The summed E-state index contributed by atoms with van der Waals surface area (Å²) in [4.78, 5) is 62.1. The number of carbonyl (C=O) groups excluding carboxylic acids is 2. The molecule has 16 rings (SSSR count). The highest BCUT2D eigenvalue weighted by Gasteiger charge is 2.38. The Hall–Kier alpha value is -10.5. The molecule has 560 valence electrons. The Labute approximate surface area is 633 Å². The monoisotopic (exact) mass is 1450 g/mol. The zero-order valence-electron chi connectivity index (χ0n) is 65.5. The van der Waals surface area contributed by atoms with Crippen molar-refractivity contribution in [3.05, 3.63) is 230 Å². The molecular formula is C92H104N8O8. The minimum absolute atomic E-state index is 0.0424. The van der Waals surface area contributed by atoms with Crippen LogP contribution >= 0.6 is 0 Å². The second-order valence-electron chi connectivity index (χ2n) is 32.0. The first-order chi connectivity index (χ1) is 51.5. The Kier molecular flexibility index (Phi) is 21.5. The van der Waals surface area contributed by atoms with E-state index in [1.165, 1.54) is 65.7 Å². The SMILES string of the molecule is CC1=C(O)C=C(C(C)C)C(=O)C1CC1=NCCC2=c3ccc(C)cc3=NC12.CC1=C(O)C=C(C(C)C)C(=O)C1CC1=NCCc2c1[nH]c1cc(C)ccc21.Cc1ccc2c(c1)=NC1C(Cc3c(C)c(O)cc(C(C)C)c3O)=NCCC=21.Cc1ccc2c3c([nH]c2c1)C(Cc1c(C)c(O)cc(C(C)C)c1O)=NCC3. The van der Waals surface area contributed by atoms with Crippen molar-refractivity contribution in [2.24, 2.45) is 53.6 Å². The molecule has 8 N–H and O–H groups in total. The molecule has 0 radical (unpaired) electrons. The predicted octanol–water partition coefficient (Wildman–Crippen LogP) is 15.8. The van der Waals surface area contributed by atoms with E-state index in [0.717, 1.165) is 152 Å². The number of Topliss-reactive ketones (excluding diaryl/α,β-unsaturated/α-hetero) is 2. The van der Waals surface area contributed by atoms with Crippen LogP contribution in [0.2, 0.25) is 0 Å². The lowest BCUT2D eigenvalue weighted by molar-refractivity contribution is -0.119. The van der Waals surface area contributed by atoms with Gasteiger partial charge in [-0.3, -0.25) is 39.5 Å². The molecule has 0 bridgehead atoms. The van der Waals surface area contributed by atoms with Crippen LogP contribution in [0.4, 0.5) is 0 Å². The fourth-order valence-electron chi connectivity index (χ4n) is 16.8. The van der Waals surface area contributed by atoms with Crippen LogP contribution in [0.1, 0.15) is 185 Å². The van der Waals surface area contributed by atoms with Gasteiger partial charge < -0.3 is 40.6 Å². The number of ketones is 2. The Morgan fingerprint density at radius 1 is 0.435 bits per heavy atom. The van der Waals surface area contributed by atoms with Gasteiger partial charge in [0.1, 0.15) is 46.6 Å². The van der Waals surface area contributed by atoms with Gasteiger partial charge >= 0.3 is 0 Å². The third-order valence-corrected chi connectivity index (χ3v) is 23.3. The number of rotatable bonds is 12. The zero-order valence-corrected chi connectivity index (χ0v) is 65.5. The van der Waals surface area contributed by atoms with Crippen LogP contribution in [0.3, 0.4) is 0 Å². The number of benzene rings is 6. The average molecular weight is 1450 g/mol. The quantitative estimate of drug-likeness (QED) is 0.0544. The number of aliphatic hydroxyl groups is 2. The molecule has 0 saturated heterocycles. The first-order valence-electron chi connectivity index (χ1n) is 38.6. The first kappa shape index (κ1) is 75.7. The summed E-state index contributed by atoms with van der Waals surface area (Å²) in [5.41, 5.74) is 25.7. The van der Waals surface area contributed by atoms with Crippen molar-refractivity contribution < 1.29 is 40.2 Å². The molecule has 8 heterocycles. The Balaban J connectivity index is 0.000000127. The number of aliphatic hydroxyl groups excluding tert-OH is 2. The van der Waals surface area contributed by atoms with Crippen LogP contribution in [-0.4, -0.2) is 113 Å². The van der Waals surface area contributed by atoms with Gasteiger partial charge in [0.25, 0.3) is 0 Å². The van der Waals surface area contributed by atoms with Crippen molar-refractivity contribution in [3.8, 4) is 23.0 Å². The average Bonchev–Trinajstić information content (AvgIpc) is 1.75. The second kappa shape index (κ2) is 30.6. The van der Waals surface area contributed by atoms with E-state index in [4.69, 9.17) is 30.0 Å². The molecular weight excluding hydrogens is 1350 g/mol. The van der Waals surface area contributed by atoms with E-state index >= 15 is 0 Å². The Morgan fingerprint density at radius 3 is 1.30 bits per heavy atom. The van der Waals surface area contributed by atoms with E-state index in [-0.39, 0.29) is 93.7 Å². The van der Waals surface area contributed by atoms with Crippen LogP contribution < -0.4 is 21.2 Å². The molecule has 0 amide bonds. The first-order valence-corrected chi connectivity index (χ1v) is 38.6. The van der Waals surface area contributed by atoms with Gasteiger partial charge in [-0.1, -0.05) is 104 Å². The number of phenols is 4. The summed E-state index contributed by atoms with van der Waals surface area (Å²) in [5.74, 6) is 1.47. The van der Waals surface area contributed by atoms with Crippen molar-refractivity contribution in [3.63, 3.8) is 0 Å². The lowest BCUT2D eigenvalue weighted by atomic mass is 9.77. The number of phenolic OH excluding ortho intramolecular Hbond substituents is 4. The highest BCUT2D eigenvalue weighted by atomic mass is 16.3. The molecule has 8 aliphatic rings. The van der Waals surface area contributed by atoms with Crippen molar-refractivity contribution in [2.45, 2.75) is 186 Å². The van der Waals surface area contributed by atoms with E-state index < -0.39 is 0 Å². The molecule has 8 aromatic rings. The number of aryl methyl sites for hydroxylation is 4. The van der Waals surface area contributed by atoms with Gasteiger partial charge in [0.15, 0.2) is 11.6 Å². The number of hydrogen-bond acceptors (Lipinski definition) is 14. The number of H-pyrrole nitrogens is 2. The third kappa shape index (κ3) is 14.6. The summed E-state index contributed by atoms with van der Waals surface area (Å²) >= 11 is 0. The zero-order chi connectivity index (χ0) is 77.2. The third-order valence-electron chi connectivity index (χ3n) is 23.3. The summed E-state index contributed by atoms with van der Waals surface area (Å²) in [6, 6.07) is 29.1. The molecule has 4 atom stereocenters. The lowest BCUT2D eigenvalue weighted by Gasteiger charge is -2.28. The van der Waals surface area contributed by atoms with E-state index in [9.17, 15) is 40.2 Å². The molecule has 2 aromatic heterocycles. The summed E-state index contributed by atoms with van der Waals surface area (Å²) in [5, 5.41) is 70.2. The van der Waals surface area contributed by atoms with Crippen LogP contribution in [0.25, 0.3) is 33.0 Å². The van der Waals surface area contributed by atoms with Crippen LogP contribution in [-0.2, 0) is 35.3 Å². The number of aromatic amines is 2. The fourth-order valence-corrected chi connectivity index (χ4v) is 16.8. The highest BCUT2D eigenvalue weighted by Crippen LogP contribution is 2.42. The molecule has 0 spiro atoms. The van der Waals surface area contributed by atoms with Crippen LogP contribution in [0, 0.1) is 65.2 Å². The van der Waals surface area contributed by atoms with E-state index in [1.54, 1.807) is 24.3 Å².